The fraction of sp³-hybridized carbons (Fsp3) is 0.111. The minimum atomic E-state index is -0.398. The van der Waals surface area contributed by atoms with Gasteiger partial charge < -0.3 is 19.8 Å². The second kappa shape index (κ2) is 8.33. The predicted octanol–water partition coefficient (Wildman–Crippen LogP) is 4.75. The summed E-state index contributed by atoms with van der Waals surface area (Å²) in [6, 6.07) is 11.9. The molecule has 3 rings (SSSR count). The average Bonchev–Trinajstić information content (AvgIpc) is 3.16. The number of imidazole rings is 1. The van der Waals surface area contributed by atoms with Crippen molar-refractivity contribution < 1.29 is 14.3 Å². The Morgan fingerprint density at radius 3 is 2.59 bits per heavy atom. The predicted molar refractivity (Wildman–Crippen MR) is 102 cm³/mol. The molecule has 0 fully saturated rings. The van der Waals surface area contributed by atoms with E-state index in [0.717, 1.165) is 0 Å². The van der Waals surface area contributed by atoms with Gasteiger partial charge in [-0.15, -0.1) is 10.2 Å². The quantitative estimate of drug-likeness (QED) is 0.598. The molecule has 0 saturated carbocycles. The lowest BCUT2D eigenvalue weighted by Crippen LogP contribution is -2.12. The minimum Gasteiger partial charge on any atom is -0.497 e. The molecule has 1 amide bonds. The molecular weight excluding hydrogens is 370 g/mol. The van der Waals surface area contributed by atoms with Crippen molar-refractivity contribution in [2.45, 2.75) is 0 Å². The number of hydrogen-bond donors (Lipinski definition) is 2. The summed E-state index contributed by atoms with van der Waals surface area (Å²) in [5.74, 6) is 0.874. The molecular formula is C18H16ClN5O3. The number of halogens is 1. The van der Waals surface area contributed by atoms with Crippen LogP contribution in [0.4, 0.5) is 17.2 Å². The number of carbonyl (C=O) groups excluding carboxylic acids is 1. The lowest BCUT2D eigenvalue weighted by atomic mass is 10.3. The van der Waals surface area contributed by atoms with Crippen molar-refractivity contribution in [3.8, 4) is 11.5 Å². The first-order valence-electron chi connectivity index (χ1n) is 7.84. The van der Waals surface area contributed by atoms with E-state index in [4.69, 9.17) is 21.1 Å². The van der Waals surface area contributed by atoms with E-state index in [1.165, 1.54) is 13.4 Å². The van der Waals surface area contributed by atoms with Crippen molar-refractivity contribution in [2.75, 3.05) is 19.5 Å². The van der Waals surface area contributed by atoms with E-state index in [1.54, 1.807) is 49.6 Å². The molecule has 0 aliphatic carbocycles. The Hall–Kier alpha value is -3.39. The van der Waals surface area contributed by atoms with Crippen LogP contribution >= 0.6 is 11.6 Å². The van der Waals surface area contributed by atoms with E-state index in [0.29, 0.717) is 27.9 Å². The number of aromatic amines is 1. The molecule has 0 radical (unpaired) electrons. The van der Waals surface area contributed by atoms with Crippen molar-refractivity contribution >= 4 is 34.7 Å². The Bertz CT molecular complexity index is 969. The van der Waals surface area contributed by atoms with Gasteiger partial charge >= 0.3 is 0 Å². The highest BCUT2D eigenvalue weighted by Gasteiger charge is 2.15. The Morgan fingerprint density at radius 2 is 1.89 bits per heavy atom. The number of aromatic nitrogens is 2. The van der Waals surface area contributed by atoms with Crippen molar-refractivity contribution in [1.29, 1.82) is 0 Å². The summed E-state index contributed by atoms with van der Waals surface area (Å²) in [6.45, 7) is 0. The number of benzene rings is 2. The van der Waals surface area contributed by atoms with Crippen molar-refractivity contribution in [3.05, 3.63) is 59.5 Å². The molecule has 0 aliphatic rings. The Morgan fingerprint density at radius 1 is 1.11 bits per heavy atom. The zero-order chi connectivity index (χ0) is 19.2. The van der Waals surface area contributed by atoms with E-state index in [2.05, 4.69) is 25.5 Å². The number of anilines is 1. The van der Waals surface area contributed by atoms with E-state index < -0.39 is 5.91 Å². The first-order chi connectivity index (χ1) is 13.1. The highest BCUT2D eigenvalue weighted by atomic mass is 35.5. The molecule has 1 aromatic heterocycles. The summed E-state index contributed by atoms with van der Waals surface area (Å²) in [6.07, 6.45) is 1.37. The van der Waals surface area contributed by atoms with Gasteiger partial charge in [0.05, 0.1) is 20.5 Å². The zero-order valence-corrected chi connectivity index (χ0v) is 15.3. The van der Waals surface area contributed by atoms with Gasteiger partial charge in [-0.3, -0.25) is 4.79 Å². The molecule has 2 aromatic carbocycles. The second-order valence-corrected chi connectivity index (χ2v) is 5.74. The van der Waals surface area contributed by atoms with Gasteiger partial charge in [0, 0.05) is 16.8 Å². The molecule has 0 unspecified atom stereocenters. The topological polar surface area (TPSA) is 101 Å². The first-order valence-corrected chi connectivity index (χ1v) is 8.22. The van der Waals surface area contributed by atoms with Crippen LogP contribution in [-0.4, -0.2) is 30.1 Å². The van der Waals surface area contributed by atoms with Crippen molar-refractivity contribution in [1.82, 2.24) is 9.97 Å². The van der Waals surface area contributed by atoms with Crippen LogP contribution in [0.3, 0.4) is 0 Å². The second-order valence-electron chi connectivity index (χ2n) is 5.30. The van der Waals surface area contributed by atoms with E-state index >= 15 is 0 Å². The summed E-state index contributed by atoms with van der Waals surface area (Å²) in [7, 11) is 3.08. The minimum absolute atomic E-state index is 0.152. The molecule has 27 heavy (non-hydrogen) atoms. The lowest BCUT2D eigenvalue weighted by molar-refractivity contribution is 0.102. The lowest BCUT2D eigenvalue weighted by Gasteiger charge is -2.06. The maximum absolute atomic E-state index is 12.4. The van der Waals surface area contributed by atoms with Crippen LogP contribution in [0.25, 0.3) is 0 Å². The smallest absolute Gasteiger partial charge is 0.276 e. The van der Waals surface area contributed by atoms with Gasteiger partial charge in [0.2, 0.25) is 5.82 Å². The Balaban J connectivity index is 1.79. The van der Waals surface area contributed by atoms with Gasteiger partial charge in [-0.05, 0) is 36.4 Å². The van der Waals surface area contributed by atoms with Crippen molar-refractivity contribution in [3.63, 3.8) is 0 Å². The average molecular weight is 386 g/mol. The largest absolute Gasteiger partial charge is 0.497 e. The van der Waals surface area contributed by atoms with Gasteiger partial charge in [0.15, 0.2) is 5.69 Å². The number of nitrogens with one attached hydrogen (secondary N) is 2. The molecule has 0 saturated heterocycles. The monoisotopic (exact) mass is 385 g/mol. The number of nitrogens with zero attached hydrogens (tertiary/aromatic N) is 3. The van der Waals surface area contributed by atoms with Gasteiger partial charge in [0.25, 0.3) is 5.91 Å². The molecule has 8 nitrogen and oxygen atoms in total. The van der Waals surface area contributed by atoms with Crippen molar-refractivity contribution in [2.24, 2.45) is 10.2 Å². The molecule has 0 atom stereocenters. The number of H-pyrrole nitrogens is 1. The molecule has 0 spiro atoms. The van der Waals surface area contributed by atoms with Gasteiger partial charge in [-0.25, -0.2) is 4.98 Å². The number of carbonyl (C=O) groups is 1. The number of hydrogen-bond acceptors (Lipinski definition) is 6. The standard InChI is InChI=1S/C18H16ClN5O3/c1-26-13-7-8-14(15(9-13)27-2)23-24-17-16(20-10-21-17)18(25)22-12-5-3-11(19)4-6-12/h3-10H,1-2H3,(H,20,21)(H,22,25). The molecule has 1 heterocycles. The fourth-order valence-electron chi connectivity index (χ4n) is 2.23. The molecule has 2 N–H and O–H groups in total. The molecule has 0 bridgehead atoms. The number of methoxy groups -OCH3 is 2. The van der Waals surface area contributed by atoms with Gasteiger partial charge in [-0.1, -0.05) is 11.6 Å². The highest BCUT2D eigenvalue weighted by molar-refractivity contribution is 6.30. The maximum atomic E-state index is 12.4. The van der Waals surface area contributed by atoms with Gasteiger partial charge in [-0.2, -0.15) is 0 Å². The SMILES string of the molecule is COc1ccc(N=Nc2nc[nH]c2C(=O)Nc2ccc(Cl)cc2)c(OC)c1. The Kier molecular flexibility index (Phi) is 5.68. The van der Waals surface area contributed by atoms with Crippen LogP contribution in [-0.2, 0) is 0 Å². The van der Waals surface area contributed by atoms with Crippen LogP contribution in [0.15, 0.2) is 59.0 Å². The summed E-state index contributed by atoms with van der Waals surface area (Å²) >= 11 is 5.84. The summed E-state index contributed by atoms with van der Waals surface area (Å²) in [4.78, 5) is 19.2. The van der Waals surface area contributed by atoms with Crippen LogP contribution in [0, 0.1) is 0 Å². The molecule has 9 heteroatoms. The van der Waals surface area contributed by atoms with E-state index in [9.17, 15) is 4.79 Å². The highest BCUT2D eigenvalue weighted by Crippen LogP contribution is 2.32. The summed E-state index contributed by atoms with van der Waals surface area (Å²) in [5.41, 5.74) is 1.25. The van der Waals surface area contributed by atoms with Crippen LogP contribution < -0.4 is 14.8 Å². The third kappa shape index (κ3) is 4.42. The normalized spacial score (nSPS) is 10.8. The van der Waals surface area contributed by atoms with Crippen LogP contribution in [0.2, 0.25) is 5.02 Å². The van der Waals surface area contributed by atoms with Crippen LogP contribution in [0.5, 0.6) is 11.5 Å². The maximum Gasteiger partial charge on any atom is 0.276 e. The third-order valence-corrected chi connectivity index (χ3v) is 3.84. The van der Waals surface area contributed by atoms with Gasteiger partial charge in [0.1, 0.15) is 17.2 Å². The number of rotatable bonds is 6. The third-order valence-electron chi connectivity index (χ3n) is 3.59. The molecule has 3 aromatic rings. The first kappa shape index (κ1) is 18.4. The molecule has 0 aliphatic heterocycles. The number of azo groups is 1. The van der Waals surface area contributed by atoms with Crippen LogP contribution in [0.1, 0.15) is 10.5 Å². The Labute approximate surface area is 160 Å². The summed E-state index contributed by atoms with van der Waals surface area (Å²) in [5, 5.41) is 11.5. The molecule has 138 valence electrons. The van der Waals surface area contributed by atoms with E-state index in [-0.39, 0.29) is 11.5 Å². The summed E-state index contributed by atoms with van der Waals surface area (Å²) < 4.78 is 10.4. The fourth-order valence-corrected chi connectivity index (χ4v) is 2.35. The van der Waals surface area contributed by atoms with E-state index in [1.807, 2.05) is 0 Å². The number of ether oxygens (including phenoxy) is 2. The number of amides is 1. The zero-order valence-electron chi connectivity index (χ0n) is 14.6.